The van der Waals surface area contributed by atoms with Gasteiger partial charge in [-0.25, -0.2) is 18.0 Å². The van der Waals surface area contributed by atoms with E-state index >= 15 is 4.39 Å². The molecule has 3 rings (SSSR count). The number of amides is 2. The summed E-state index contributed by atoms with van der Waals surface area (Å²) in [5.41, 5.74) is 0.759. The normalized spacial score (nSPS) is 16.8. The van der Waals surface area contributed by atoms with Gasteiger partial charge in [-0.1, -0.05) is 18.2 Å². The van der Waals surface area contributed by atoms with E-state index in [2.05, 4.69) is 0 Å². The van der Waals surface area contributed by atoms with E-state index in [0.29, 0.717) is 18.5 Å². The van der Waals surface area contributed by atoms with Gasteiger partial charge in [0.2, 0.25) is 0 Å². The minimum Gasteiger partial charge on any atom is -0.331 e. The molecule has 1 atom stereocenters. The highest BCUT2D eigenvalue weighted by Gasteiger charge is 2.30. The molecule has 0 spiro atoms. The molecule has 1 aliphatic rings. The molecule has 0 unspecified atom stereocenters. The Balaban J connectivity index is 1.89. The lowest BCUT2D eigenvalue weighted by Crippen LogP contribution is -2.43. The minimum atomic E-state index is -0.747. The highest BCUT2D eigenvalue weighted by molar-refractivity contribution is 5.74. The van der Waals surface area contributed by atoms with Crippen molar-refractivity contribution in [1.29, 1.82) is 0 Å². The van der Waals surface area contributed by atoms with Crippen LogP contribution in [-0.4, -0.2) is 42.5 Å². The third-order valence-electron chi connectivity index (χ3n) is 4.71. The van der Waals surface area contributed by atoms with Crippen LogP contribution in [-0.2, 0) is 6.42 Å². The number of urea groups is 1. The van der Waals surface area contributed by atoms with Crippen LogP contribution in [0.5, 0.6) is 0 Å². The fraction of sp³-hybridized carbons (Fsp3) is 0.350. The van der Waals surface area contributed by atoms with E-state index in [1.165, 1.54) is 11.0 Å². The molecule has 1 saturated heterocycles. The Kier molecular flexibility index (Phi) is 5.20. The van der Waals surface area contributed by atoms with Gasteiger partial charge in [0.25, 0.3) is 0 Å². The topological polar surface area (TPSA) is 23.6 Å². The molecule has 6 heteroatoms. The van der Waals surface area contributed by atoms with E-state index in [1.54, 1.807) is 31.1 Å². The molecule has 1 fully saturated rings. The maximum atomic E-state index is 15.0. The van der Waals surface area contributed by atoms with Gasteiger partial charge in [-0.15, -0.1) is 0 Å². The van der Waals surface area contributed by atoms with Gasteiger partial charge in [-0.3, -0.25) is 0 Å². The zero-order valence-electron chi connectivity index (χ0n) is 14.8. The average molecular weight is 362 g/mol. The Hall–Kier alpha value is -2.50. The lowest BCUT2D eigenvalue weighted by atomic mass is 9.97. The van der Waals surface area contributed by atoms with E-state index < -0.39 is 17.5 Å². The second kappa shape index (κ2) is 7.40. The summed E-state index contributed by atoms with van der Waals surface area (Å²) in [6, 6.07) is 7.65. The van der Waals surface area contributed by atoms with Gasteiger partial charge in [0, 0.05) is 38.3 Å². The van der Waals surface area contributed by atoms with Crippen molar-refractivity contribution < 1.29 is 18.0 Å². The molecule has 26 heavy (non-hydrogen) atoms. The van der Waals surface area contributed by atoms with Gasteiger partial charge in [0.15, 0.2) is 0 Å². The van der Waals surface area contributed by atoms with Crippen LogP contribution in [0, 0.1) is 17.5 Å². The van der Waals surface area contributed by atoms with Crippen LogP contribution in [0.25, 0.3) is 11.1 Å². The summed E-state index contributed by atoms with van der Waals surface area (Å²) in [6.07, 6.45) is 2.05. The Morgan fingerprint density at radius 3 is 2.50 bits per heavy atom. The van der Waals surface area contributed by atoms with Crippen LogP contribution >= 0.6 is 0 Å². The first-order valence-corrected chi connectivity index (χ1v) is 8.58. The smallest absolute Gasteiger partial charge is 0.319 e. The number of rotatable bonds is 3. The van der Waals surface area contributed by atoms with E-state index in [-0.39, 0.29) is 23.2 Å². The lowest BCUT2D eigenvalue weighted by molar-refractivity contribution is 0.165. The maximum Gasteiger partial charge on any atom is 0.319 e. The minimum absolute atomic E-state index is 0.0844. The first-order chi connectivity index (χ1) is 12.4. The van der Waals surface area contributed by atoms with Crippen molar-refractivity contribution in [3.63, 3.8) is 0 Å². The first-order valence-electron chi connectivity index (χ1n) is 8.58. The zero-order chi connectivity index (χ0) is 18.8. The summed E-state index contributed by atoms with van der Waals surface area (Å²) in [4.78, 5) is 15.5. The van der Waals surface area contributed by atoms with E-state index in [4.69, 9.17) is 0 Å². The summed E-state index contributed by atoms with van der Waals surface area (Å²) in [5, 5.41) is 0. The second-order valence-corrected chi connectivity index (χ2v) is 6.81. The molecule has 1 aliphatic heterocycles. The highest BCUT2D eigenvalue weighted by atomic mass is 19.1. The molecule has 0 aliphatic carbocycles. The maximum absolute atomic E-state index is 15.0. The van der Waals surface area contributed by atoms with Gasteiger partial charge < -0.3 is 9.80 Å². The van der Waals surface area contributed by atoms with Crippen molar-refractivity contribution in [3.8, 4) is 11.1 Å². The predicted octanol–water partition coefficient (Wildman–Crippen LogP) is 4.46. The molecule has 138 valence electrons. The Labute approximate surface area is 151 Å². The van der Waals surface area contributed by atoms with Crippen molar-refractivity contribution in [2.45, 2.75) is 25.3 Å². The third-order valence-corrected chi connectivity index (χ3v) is 4.71. The summed E-state index contributed by atoms with van der Waals surface area (Å²) < 4.78 is 42.0. The number of benzene rings is 2. The van der Waals surface area contributed by atoms with Crippen molar-refractivity contribution in [1.82, 2.24) is 9.80 Å². The molecule has 1 heterocycles. The van der Waals surface area contributed by atoms with Crippen LogP contribution < -0.4 is 0 Å². The molecule has 2 amide bonds. The van der Waals surface area contributed by atoms with E-state index in [1.807, 2.05) is 0 Å². The molecule has 2 aromatic rings. The van der Waals surface area contributed by atoms with E-state index in [0.717, 1.165) is 31.0 Å². The summed E-state index contributed by atoms with van der Waals surface area (Å²) in [6.45, 7) is 0.651. The fourth-order valence-corrected chi connectivity index (χ4v) is 3.48. The van der Waals surface area contributed by atoms with Gasteiger partial charge >= 0.3 is 6.03 Å². The van der Waals surface area contributed by atoms with Gasteiger partial charge in [0.1, 0.15) is 17.5 Å². The van der Waals surface area contributed by atoms with E-state index in [9.17, 15) is 13.6 Å². The molecule has 2 aromatic carbocycles. The molecule has 0 saturated carbocycles. The molecular weight excluding hydrogens is 341 g/mol. The molecular formula is C20H21F3N2O. The molecule has 0 bridgehead atoms. The Morgan fingerprint density at radius 2 is 1.85 bits per heavy atom. The van der Waals surface area contributed by atoms with Crippen molar-refractivity contribution >= 4 is 6.03 Å². The van der Waals surface area contributed by atoms with Gasteiger partial charge in [-0.05, 0) is 42.5 Å². The number of hydrogen-bond donors (Lipinski definition) is 0. The van der Waals surface area contributed by atoms with Crippen LogP contribution in [0.4, 0.5) is 18.0 Å². The average Bonchev–Trinajstić information content (AvgIpc) is 3.03. The quantitative estimate of drug-likeness (QED) is 0.791. The van der Waals surface area contributed by atoms with Crippen LogP contribution in [0.15, 0.2) is 36.4 Å². The predicted molar refractivity (Wildman–Crippen MR) is 94.3 cm³/mol. The number of likely N-dealkylation sites (tertiary alicyclic amines) is 1. The van der Waals surface area contributed by atoms with Crippen molar-refractivity contribution in [2.24, 2.45) is 0 Å². The largest absolute Gasteiger partial charge is 0.331 e. The Bertz CT molecular complexity index is 802. The first kappa shape index (κ1) is 18.3. The number of carbonyl (C=O) groups is 1. The SMILES string of the molecule is CN(C)C(=O)N1CCC[C@H]1Cc1cccc(-c2cc(F)cc(F)c2)c1F. The zero-order valence-corrected chi connectivity index (χ0v) is 14.8. The summed E-state index contributed by atoms with van der Waals surface area (Å²) in [5.74, 6) is -1.99. The number of carbonyl (C=O) groups excluding carboxylic acids is 1. The molecule has 3 nitrogen and oxygen atoms in total. The van der Waals surface area contributed by atoms with Crippen LogP contribution in [0.3, 0.4) is 0 Å². The van der Waals surface area contributed by atoms with Gasteiger partial charge in [0.05, 0.1) is 0 Å². The number of halogens is 3. The lowest BCUT2D eigenvalue weighted by Gasteiger charge is -2.28. The molecule has 0 N–H and O–H groups in total. The summed E-state index contributed by atoms with van der Waals surface area (Å²) in [7, 11) is 3.38. The van der Waals surface area contributed by atoms with Crippen molar-refractivity contribution in [2.75, 3.05) is 20.6 Å². The van der Waals surface area contributed by atoms with Crippen molar-refractivity contribution in [3.05, 3.63) is 59.4 Å². The standard InChI is InChI=1S/C20H21F3N2O/c1-24(2)20(26)25-8-4-6-17(25)11-13-5-3-7-18(19(13)23)14-9-15(21)12-16(22)10-14/h3,5,7,9-10,12,17H,4,6,8,11H2,1-2H3/t17-/m0/s1. The molecule has 0 aromatic heterocycles. The van der Waals surface area contributed by atoms with Crippen LogP contribution in [0.1, 0.15) is 18.4 Å². The fourth-order valence-electron chi connectivity index (χ4n) is 3.48. The Morgan fingerprint density at radius 1 is 1.15 bits per heavy atom. The number of hydrogen-bond acceptors (Lipinski definition) is 1. The monoisotopic (exact) mass is 362 g/mol. The number of nitrogens with zero attached hydrogens (tertiary/aromatic N) is 2. The van der Waals surface area contributed by atoms with Gasteiger partial charge in [-0.2, -0.15) is 0 Å². The third kappa shape index (κ3) is 3.69. The molecule has 0 radical (unpaired) electrons. The summed E-state index contributed by atoms with van der Waals surface area (Å²) >= 11 is 0. The second-order valence-electron chi connectivity index (χ2n) is 6.81. The highest BCUT2D eigenvalue weighted by Crippen LogP contribution is 2.29. The van der Waals surface area contributed by atoms with Crippen LogP contribution in [0.2, 0.25) is 0 Å².